The highest BCUT2D eigenvalue weighted by atomic mass is 35.5. The van der Waals surface area contributed by atoms with Gasteiger partial charge >= 0.3 is 0 Å². The molecule has 0 radical (unpaired) electrons. The van der Waals surface area contributed by atoms with Crippen molar-refractivity contribution < 1.29 is 19.2 Å². The van der Waals surface area contributed by atoms with Crippen LogP contribution in [0, 0.1) is 0 Å². The lowest BCUT2D eigenvalue weighted by Crippen LogP contribution is -2.33. The molecule has 1 aliphatic heterocycles. The third-order valence-electron chi connectivity index (χ3n) is 5.70. The molecule has 1 N–H and O–H groups in total. The van der Waals surface area contributed by atoms with Crippen molar-refractivity contribution in [3.8, 4) is 0 Å². The molecule has 3 aromatic rings. The smallest absolute Gasteiger partial charge is 0.293 e. The molecular formula is C25H20ClN3O4S. The first kappa shape index (κ1) is 22.4. The third-order valence-corrected chi connectivity index (χ3v) is 6.86. The van der Waals surface area contributed by atoms with E-state index in [9.17, 15) is 19.2 Å². The Hall–Kier alpha value is -3.36. The van der Waals surface area contributed by atoms with Crippen molar-refractivity contribution in [1.82, 2.24) is 14.8 Å². The molecule has 0 spiro atoms. The van der Waals surface area contributed by atoms with Gasteiger partial charge in [-0.3, -0.25) is 24.1 Å². The summed E-state index contributed by atoms with van der Waals surface area (Å²) in [5, 5.41) is 3.85. The number of thioether (sulfide) groups is 1. The maximum atomic E-state index is 13.0. The first-order chi connectivity index (χ1) is 16.4. The Labute approximate surface area is 204 Å². The van der Waals surface area contributed by atoms with Crippen LogP contribution in [0.2, 0.25) is 5.02 Å². The Kier molecular flexibility index (Phi) is 6.02. The molecule has 172 valence electrons. The SMILES string of the molecule is O=C(Cn1cc(/C=C2\SC(=O)N(CC(=O)c3ccc(Cl)cc3)C2=O)c2ccccc21)NC1CC1. The molecule has 0 unspecified atom stereocenters. The van der Waals surface area contributed by atoms with Crippen LogP contribution in [0.15, 0.2) is 59.6 Å². The number of hydrogen-bond donors (Lipinski definition) is 1. The van der Waals surface area contributed by atoms with E-state index in [0.717, 1.165) is 46.0 Å². The molecule has 2 aliphatic rings. The lowest BCUT2D eigenvalue weighted by molar-refractivity contribution is -0.123. The summed E-state index contributed by atoms with van der Waals surface area (Å²) in [6.07, 6.45) is 5.49. The zero-order chi connectivity index (χ0) is 23.8. The van der Waals surface area contributed by atoms with Gasteiger partial charge in [-0.15, -0.1) is 0 Å². The molecule has 3 amide bonds. The second-order valence-electron chi connectivity index (χ2n) is 8.27. The highest BCUT2D eigenvalue weighted by Gasteiger charge is 2.36. The molecule has 1 aromatic heterocycles. The minimum atomic E-state index is -0.513. The van der Waals surface area contributed by atoms with Crippen molar-refractivity contribution >= 4 is 63.2 Å². The van der Waals surface area contributed by atoms with Gasteiger partial charge in [0.2, 0.25) is 5.91 Å². The number of carbonyl (C=O) groups excluding carboxylic acids is 4. The number of rotatable bonds is 7. The maximum absolute atomic E-state index is 13.0. The van der Waals surface area contributed by atoms with Gasteiger partial charge in [0.1, 0.15) is 6.54 Å². The van der Waals surface area contributed by atoms with Crippen LogP contribution in [0.25, 0.3) is 17.0 Å². The second kappa shape index (κ2) is 9.12. The van der Waals surface area contributed by atoms with Gasteiger partial charge < -0.3 is 9.88 Å². The minimum absolute atomic E-state index is 0.0594. The first-order valence-electron chi connectivity index (χ1n) is 10.8. The zero-order valence-electron chi connectivity index (χ0n) is 18.0. The zero-order valence-corrected chi connectivity index (χ0v) is 19.6. The number of carbonyl (C=O) groups is 4. The van der Waals surface area contributed by atoms with E-state index in [1.807, 2.05) is 35.0 Å². The van der Waals surface area contributed by atoms with E-state index in [1.165, 1.54) is 0 Å². The number of nitrogens with zero attached hydrogens (tertiary/aromatic N) is 2. The maximum Gasteiger partial charge on any atom is 0.293 e. The summed E-state index contributed by atoms with van der Waals surface area (Å²) < 4.78 is 1.84. The highest BCUT2D eigenvalue weighted by Crippen LogP contribution is 2.34. The van der Waals surface area contributed by atoms with E-state index in [0.29, 0.717) is 10.6 Å². The molecule has 0 bridgehead atoms. The largest absolute Gasteiger partial charge is 0.352 e. The summed E-state index contributed by atoms with van der Waals surface area (Å²) in [6, 6.07) is 14.2. The van der Waals surface area contributed by atoms with Crippen LogP contribution in [0.5, 0.6) is 0 Å². The molecule has 1 aliphatic carbocycles. The Morgan fingerprint density at radius 2 is 1.79 bits per heavy atom. The van der Waals surface area contributed by atoms with Crippen molar-refractivity contribution in [1.29, 1.82) is 0 Å². The number of aromatic nitrogens is 1. The minimum Gasteiger partial charge on any atom is -0.352 e. The molecule has 1 saturated carbocycles. The second-order valence-corrected chi connectivity index (χ2v) is 9.70. The van der Waals surface area contributed by atoms with E-state index >= 15 is 0 Å². The van der Waals surface area contributed by atoms with Crippen LogP contribution >= 0.6 is 23.4 Å². The molecule has 2 heterocycles. The van der Waals surface area contributed by atoms with Crippen molar-refractivity contribution in [2.75, 3.05) is 6.54 Å². The predicted molar refractivity (Wildman–Crippen MR) is 132 cm³/mol. The van der Waals surface area contributed by atoms with Crippen molar-refractivity contribution in [2.24, 2.45) is 0 Å². The van der Waals surface area contributed by atoms with E-state index < -0.39 is 11.1 Å². The average molecular weight is 494 g/mol. The molecular weight excluding hydrogens is 474 g/mol. The number of Topliss-reactive ketones (excluding diaryl/α,β-unsaturated/α-hetero) is 1. The quantitative estimate of drug-likeness (QED) is 0.387. The summed E-state index contributed by atoms with van der Waals surface area (Å²) in [6.45, 7) is -0.172. The molecule has 0 atom stereocenters. The molecule has 9 heteroatoms. The number of halogens is 1. The molecule has 2 aromatic carbocycles. The summed E-state index contributed by atoms with van der Waals surface area (Å²) in [5.74, 6) is -0.921. The topological polar surface area (TPSA) is 88.5 Å². The van der Waals surface area contributed by atoms with Crippen LogP contribution in [-0.2, 0) is 16.1 Å². The van der Waals surface area contributed by atoms with Gasteiger partial charge in [0.25, 0.3) is 11.1 Å². The van der Waals surface area contributed by atoms with Crippen LogP contribution in [0.4, 0.5) is 4.79 Å². The van der Waals surface area contributed by atoms with Gasteiger partial charge in [-0.1, -0.05) is 29.8 Å². The van der Waals surface area contributed by atoms with Crippen LogP contribution in [0.3, 0.4) is 0 Å². The number of ketones is 1. The Morgan fingerprint density at radius 3 is 2.53 bits per heavy atom. The van der Waals surface area contributed by atoms with E-state index in [4.69, 9.17) is 11.6 Å². The van der Waals surface area contributed by atoms with Gasteiger partial charge in [0.05, 0.1) is 11.4 Å². The van der Waals surface area contributed by atoms with Gasteiger partial charge in [-0.2, -0.15) is 0 Å². The highest BCUT2D eigenvalue weighted by molar-refractivity contribution is 8.18. The van der Waals surface area contributed by atoms with Gasteiger partial charge in [-0.05, 0) is 61.0 Å². The van der Waals surface area contributed by atoms with E-state index in [1.54, 1.807) is 30.3 Å². The number of fused-ring (bicyclic) bond motifs is 1. The molecule has 7 nitrogen and oxygen atoms in total. The Morgan fingerprint density at radius 1 is 1.06 bits per heavy atom. The van der Waals surface area contributed by atoms with Crippen molar-refractivity contribution in [2.45, 2.75) is 25.4 Å². The predicted octanol–water partition coefficient (Wildman–Crippen LogP) is 4.49. The number of amides is 3. The number of benzene rings is 2. The van der Waals surface area contributed by atoms with Gasteiger partial charge in [0, 0.05) is 39.3 Å². The third kappa shape index (κ3) is 4.64. The van der Waals surface area contributed by atoms with Gasteiger partial charge in [0.15, 0.2) is 5.78 Å². The molecule has 34 heavy (non-hydrogen) atoms. The van der Waals surface area contributed by atoms with E-state index in [-0.39, 0.29) is 35.7 Å². The van der Waals surface area contributed by atoms with Crippen molar-refractivity contribution in [3.05, 3.63) is 75.8 Å². The van der Waals surface area contributed by atoms with E-state index in [2.05, 4.69) is 5.32 Å². The normalized spacial score (nSPS) is 17.1. The average Bonchev–Trinajstić information content (AvgIpc) is 3.52. The standard InChI is InChI=1S/C25H20ClN3O4S/c26-17-7-5-15(6-8-17)21(30)13-29-24(32)22(34-25(29)33)11-16-12-28(14-23(31)27-18-9-10-18)20-4-2-1-3-19(16)20/h1-8,11-12,18H,9-10,13-14H2,(H,27,31)/b22-11-. The molecule has 5 rings (SSSR count). The molecule has 2 fully saturated rings. The number of hydrogen-bond acceptors (Lipinski definition) is 5. The fraction of sp³-hybridized carbons (Fsp3) is 0.200. The Bertz CT molecular complexity index is 1360. The van der Waals surface area contributed by atoms with Gasteiger partial charge in [-0.25, -0.2) is 0 Å². The summed E-state index contributed by atoms with van der Waals surface area (Å²) in [5.41, 5.74) is 1.96. The number of para-hydroxylation sites is 1. The summed E-state index contributed by atoms with van der Waals surface area (Å²) >= 11 is 6.66. The van der Waals surface area contributed by atoms with Crippen LogP contribution in [-0.4, -0.2) is 44.9 Å². The molecule has 1 saturated heterocycles. The fourth-order valence-corrected chi connectivity index (χ4v) is 4.78. The van der Waals surface area contributed by atoms with Crippen LogP contribution in [0.1, 0.15) is 28.8 Å². The fourth-order valence-electron chi connectivity index (χ4n) is 3.82. The number of nitrogens with one attached hydrogen (secondary N) is 1. The van der Waals surface area contributed by atoms with Crippen LogP contribution < -0.4 is 5.32 Å². The lowest BCUT2D eigenvalue weighted by Gasteiger charge is -2.11. The lowest BCUT2D eigenvalue weighted by atomic mass is 10.1. The Balaban J connectivity index is 1.38. The summed E-state index contributed by atoms with van der Waals surface area (Å²) in [4.78, 5) is 51.6. The summed E-state index contributed by atoms with van der Waals surface area (Å²) in [7, 11) is 0. The number of imide groups is 1. The monoisotopic (exact) mass is 493 g/mol. The van der Waals surface area contributed by atoms with Crippen molar-refractivity contribution in [3.63, 3.8) is 0 Å². The first-order valence-corrected chi connectivity index (χ1v) is 12.0.